The number of nitrogens with zero attached hydrogens (tertiary/aromatic N) is 5. The molecule has 0 bridgehead atoms. The number of rotatable bonds is 11. The van der Waals surface area contributed by atoms with Crippen molar-refractivity contribution in [1.82, 2.24) is 35.9 Å². The van der Waals surface area contributed by atoms with Crippen LogP contribution in [0.5, 0.6) is 0 Å². The van der Waals surface area contributed by atoms with Crippen LogP contribution in [-0.4, -0.2) is 89.7 Å². The molecule has 1 aliphatic carbocycles. The van der Waals surface area contributed by atoms with Crippen molar-refractivity contribution in [2.75, 3.05) is 5.32 Å². The number of amides is 4. The van der Waals surface area contributed by atoms with E-state index in [1.54, 1.807) is 48.5 Å². The molecule has 0 spiro atoms. The average Bonchev–Trinajstić information content (AvgIpc) is 3.44. The molecule has 2 aliphatic rings. The third kappa shape index (κ3) is 8.89. The number of thiazole rings is 1. The molecule has 0 unspecified atom stereocenters. The highest BCUT2D eigenvalue weighted by molar-refractivity contribution is 7.14. The number of aromatic nitrogens is 4. The van der Waals surface area contributed by atoms with E-state index in [1.807, 2.05) is 0 Å². The van der Waals surface area contributed by atoms with Gasteiger partial charge in [0.2, 0.25) is 11.5 Å². The van der Waals surface area contributed by atoms with Gasteiger partial charge < -0.3 is 35.4 Å². The van der Waals surface area contributed by atoms with Crippen molar-refractivity contribution in [3.8, 4) is 0 Å². The highest BCUT2D eigenvalue weighted by atomic mass is 32.1. The van der Waals surface area contributed by atoms with Crippen LogP contribution in [0.2, 0.25) is 0 Å². The second-order valence-electron chi connectivity index (χ2n) is 12.7. The van der Waals surface area contributed by atoms with Gasteiger partial charge in [-0.25, -0.2) is 19.4 Å². The van der Waals surface area contributed by atoms with Crippen LogP contribution in [0, 0.1) is 6.92 Å². The van der Waals surface area contributed by atoms with E-state index >= 15 is 0 Å². The molecule has 18 nitrogen and oxygen atoms in total. The zero-order chi connectivity index (χ0) is 34.0. The van der Waals surface area contributed by atoms with Gasteiger partial charge in [0.05, 0.1) is 24.8 Å². The zero-order valence-electron chi connectivity index (χ0n) is 26.4. The molecule has 250 valence electrons. The van der Waals surface area contributed by atoms with Gasteiger partial charge in [-0.05, 0) is 48.5 Å². The fraction of sp³-hybridized carbons (Fsp3) is 0.593. The Bertz CT molecular complexity index is 1550. The van der Waals surface area contributed by atoms with Gasteiger partial charge >= 0.3 is 18.2 Å². The number of carbonyl (C=O) groups excluding carboxylic acids is 4. The summed E-state index contributed by atoms with van der Waals surface area (Å²) in [5.74, 6) is -2.58. The van der Waals surface area contributed by atoms with E-state index in [0.29, 0.717) is 11.4 Å². The summed E-state index contributed by atoms with van der Waals surface area (Å²) in [6.45, 7) is 12.2. The van der Waals surface area contributed by atoms with Gasteiger partial charge in [0, 0.05) is 18.2 Å². The van der Waals surface area contributed by atoms with Crippen LogP contribution >= 0.6 is 11.3 Å². The smallest absolute Gasteiger partial charge is 0.413 e. The summed E-state index contributed by atoms with van der Waals surface area (Å²) in [5.41, 5.74) is -2.39. The Labute approximate surface area is 267 Å². The third-order valence-corrected chi connectivity index (χ3v) is 7.11. The summed E-state index contributed by atoms with van der Waals surface area (Å²) in [6, 6.07) is -1.65. The molecular formula is C27H37N9O9S. The Morgan fingerprint density at radius 2 is 1.76 bits per heavy atom. The van der Waals surface area contributed by atoms with Gasteiger partial charge in [0.15, 0.2) is 10.8 Å². The minimum absolute atomic E-state index is 0.0301. The predicted octanol–water partition coefficient (Wildman–Crippen LogP) is 1.44. The standard InChI is InChI=1S/C27H37N9O9S/c1-13-14(10-28-23(41)43-25(2,3)4)34-36(33-13)11-15-17(19(37)29-15)31-20(38)18(35-45-27(8-9-27)21(39)40)16-12-46-22(30-16)32-24(42)44-26(5,6)7/h12,15,17H,8-11H2,1-7H3,(H,28,41)(H,29,37)(H,31,38)(H,39,40)(H,30,32,42)/t15-,17-/m0/s1. The fourth-order valence-corrected chi connectivity index (χ4v) is 4.63. The highest BCUT2D eigenvalue weighted by Gasteiger charge is 2.55. The van der Waals surface area contributed by atoms with Crippen molar-refractivity contribution >= 4 is 52.2 Å². The number of hydrogen-bond acceptors (Lipinski definition) is 13. The third-order valence-electron chi connectivity index (χ3n) is 6.35. The van der Waals surface area contributed by atoms with Crippen LogP contribution < -0.4 is 21.3 Å². The first-order valence-electron chi connectivity index (χ1n) is 14.3. The summed E-state index contributed by atoms with van der Waals surface area (Å²) in [7, 11) is 0. The number of alkyl carbamates (subject to hydrolysis) is 1. The monoisotopic (exact) mass is 663 g/mol. The minimum Gasteiger partial charge on any atom is -0.478 e. The normalized spacial score (nSPS) is 18.8. The van der Waals surface area contributed by atoms with Crippen LogP contribution in [0.3, 0.4) is 0 Å². The molecule has 2 fully saturated rings. The number of hydrogen-bond donors (Lipinski definition) is 5. The van der Waals surface area contributed by atoms with Crippen molar-refractivity contribution in [2.45, 2.75) is 103 Å². The first kappa shape index (κ1) is 34.1. The van der Waals surface area contributed by atoms with Crippen LogP contribution in [0.4, 0.5) is 14.7 Å². The number of oxime groups is 1. The van der Waals surface area contributed by atoms with Crippen LogP contribution in [-0.2, 0) is 41.8 Å². The summed E-state index contributed by atoms with van der Waals surface area (Å²) in [5, 5.41) is 33.9. The molecule has 2 aromatic rings. The summed E-state index contributed by atoms with van der Waals surface area (Å²) < 4.78 is 10.4. The maximum absolute atomic E-state index is 13.4. The Morgan fingerprint density at radius 3 is 2.35 bits per heavy atom. The van der Waals surface area contributed by atoms with Gasteiger partial charge in [-0.3, -0.25) is 14.9 Å². The fourth-order valence-electron chi connectivity index (χ4n) is 3.95. The molecule has 4 rings (SSSR count). The Hall–Kier alpha value is -4.81. The summed E-state index contributed by atoms with van der Waals surface area (Å²) in [4.78, 5) is 72.6. The van der Waals surface area contributed by atoms with E-state index in [1.165, 1.54) is 10.2 Å². The summed E-state index contributed by atoms with van der Waals surface area (Å²) >= 11 is 0.969. The lowest BCUT2D eigenvalue weighted by atomic mass is 9.98. The maximum Gasteiger partial charge on any atom is 0.413 e. The molecule has 46 heavy (non-hydrogen) atoms. The van der Waals surface area contributed by atoms with Gasteiger partial charge in [-0.15, -0.1) is 11.3 Å². The van der Waals surface area contributed by atoms with Crippen molar-refractivity contribution in [3.63, 3.8) is 0 Å². The molecule has 1 saturated carbocycles. The van der Waals surface area contributed by atoms with Gasteiger partial charge in [-0.1, -0.05) is 5.16 Å². The van der Waals surface area contributed by atoms with E-state index in [4.69, 9.17) is 14.3 Å². The number of aryl methyl sites for hydroxylation is 1. The quantitative estimate of drug-likeness (QED) is 0.130. The lowest BCUT2D eigenvalue weighted by molar-refractivity contribution is -0.153. The Balaban J connectivity index is 1.44. The lowest BCUT2D eigenvalue weighted by Gasteiger charge is -2.36. The van der Waals surface area contributed by atoms with Crippen molar-refractivity contribution in [2.24, 2.45) is 5.16 Å². The van der Waals surface area contributed by atoms with E-state index < -0.39 is 64.6 Å². The van der Waals surface area contributed by atoms with Crippen LogP contribution in [0.15, 0.2) is 10.5 Å². The Morgan fingerprint density at radius 1 is 1.11 bits per heavy atom. The molecule has 4 amide bonds. The topological polar surface area (TPSA) is 237 Å². The number of carboxylic acid groups (broad SMARTS) is 1. The molecule has 1 saturated heterocycles. The lowest BCUT2D eigenvalue weighted by Crippen LogP contribution is -2.70. The average molecular weight is 664 g/mol. The molecule has 0 aromatic carbocycles. The molecule has 5 N–H and O–H groups in total. The largest absolute Gasteiger partial charge is 0.478 e. The molecule has 19 heteroatoms. The van der Waals surface area contributed by atoms with E-state index in [0.717, 1.165) is 11.3 Å². The van der Waals surface area contributed by atoms with E-state index in [9.17, 15) is 29.1 Å². The molecule has 0 radical (unpaired) electrons. The number of ether oxygens (including phenoxy) is 2. The van der Waals surface area contributed by atoms with Gasteiger partial charge in [-0.2, -0.15) is 15.0 Å². The van der Waals surface area contributed by atoms with Crippen LogP contribution in [0.25, 0.3) is 0 Å². The number of carbonyl (C=O) groups is 5. The van der Waals surface area contributed by atoms with Crippen molar-refractivity contribution in [1.29, 1.82) is 0 Å². The highest BCUT2D eigenvalue weighted by Crippen LogP contribution is 2.40. The number of nitrogens with one attached hydrogen (secondary N) is 4. The molecular weight excluding hydrogens is 626 g/mol. The van der Waals surface area contributed by atoms with Crippen molar-refractivity contribution < 1.29 is 43.4 Å². The maximum atomic E-state index is 13.4. The first-order chi connectivity index (χ1) is 21.3. The molecule has 2 aromatic heterocycles. The number of aliphatic carboxylic acids is 1. The zero-order valence-corrected chi connectivity index (χ0v) is 27.2. The van der Waals surface area contributed by atoms with Crippen molar-refractivity contribution in [3.05, 3.63) is 22.5 Å². The second-order valence-corrected chi connectivity index (χ2v) is 13.6. The molecule has 1 aliphatic heterocycles. The number of anilines is 1. The summed E-state index contributed by atoms with van der Waals surface area (Å²) in [6.07, 6.45) is -0.986. The number of β-lactam (4-membered cyclic amide) rings is 1. The number of carboxylic acids is 1. The van der Waals surface area contributed by atoms with E-state index in [2.05, 4.69) is 41.6 Å². The van der Waals surface area contributed by atoms with Gasteiger partial charge in [0.25, 0.3) is 5.91 Å². The Kier molecular flexibility index (Phi) is 9.55. The predicted molar refractivity (Wildman–Crippen MR) is 161 cm³/mol. The SMILES string of the molecule is Cc1nn(C[C@@H]2NC(=O)[C@H]2NC(=O)C(=NOC2(C(=O)O)CC2)c2csc(NC(=O)OC(C)(C)C)n2)nc1CNC(=O)OC(C)(C)C. The van der Waals surface area contributed by atoms with Crippen LogP contribution in [0.1, 0.15) is 71.5 Å². The molecule has 3 heterocycles. The minimum atomic E-state index is -1.56. The van der Waals surface area contributed by atoms with E-state index in [-0.39, 0.29) is 36.8 Å². The van der Waals surface area contributed by atoms with Gasteiger partial charge in [0.1, 0.15) is 28.6 Å². The molecule has 2 atom stereocenters. The first-order valence-corrected chi connectivity index (χ1v) is 15.2. The second kappa shape index (κ2) is 12.9.